The number of urea groups is 1. The lowest BCUT2D eigenvalue weighted by Gasteiger charge is -2.37. The molecule has 0 bridgehead atoms. The van der Waals surface area contributed by atoms with Crippen LogP contribution in [0.1, 0.15) is 32.4 Å². The minimum Gasteiger partial charge on any atom is -0.377 e. The fourth-order valence-electron chi connectivity index (χ4n) is 3.34. The molecule has 24 heavy (non-hydrogen) atoms. The number of aromatic nitrogens is 2. The molecule has 1 aromatic heterocycles. The van der Waals surface area contributed by atoms with Crippen LogP contribution in [-0.2, 0) is 11.2 Å². The number of aryl methyl sites for hydroxylation is 1. The smallest absolute Gasteiger partial charge is 0.318 e. The van der Waals surface area contributed by atoms with Crippen molar-refractivity contribution in [2.24, 2.45) is 0 Å². The number of hydrogen-bond donors (Lipinski definition) is 1. The third-order valence-electron chi connectivity index (χ3n) is 4.77. The van der Waals surface area contributed by atoms with Crippen molar-refractivity contribution in [3.8, 4) is 0 Å². The Morgan fingerprint density at radius 2 is 2.29 bits per heavy atom. The van der Waals surface area contributed by atoms with Crippen molar-refractivity contribution in [1.82, 2.24) is 20.2 Å². The maximum Gasteiger partial charge on any atom is 0.318 e. The third kappa shape index (κ3) is 3.95. The number of piperidine rings is 1. The quantitative estimate of drug-likeness (QED) is 0.906. The lowest BCUT2D eigenvalue weighted by atomic mass is 10.1. The van der Waals surface area contributed by atoms with E-state index >= 15 is 0 Å². The van der Waals surface area contributed by atoms with Crippen LogP contribution >= 0.6 is 0 Å². The predicted octanol–water partition coefficient (Wildman–Crippen LogP) is 1.44. The average molecular weight is 333 g/mol. The lowest BCUT2D eigenvalue weighted by Crippen LogP contribution is -2.56. The van der Waals surface area contributed by atoms with Crippen molar-refractivity contribution in [2.45, 2.75) is 45.2 Å². The summed E-state index contributed by atoms with van der Waals surface area (Å²) in [7, 11) is 0. The minimum atomic E-state index is 0.0228. The summed E-state index contributed by atoms with van der Waals surface area (Å²) in [5, 5.41) is 3.19. The molecule has 3 rings (SSSR count). The maximum atomic E-state index is 12.5. The fraction of sp³-hybridized carbons (Fsp3) is 0.706. The summed E-state index contributed by atoms with van der Waals surface area (Å²) in [6, 6.07) is 2.36. The molecule has 0 radical (unpaired) electrons. The normalized spacial score (nSPS) is 24.8. The van der Waals surface area contributed by atoms with Crippen LogP contribution in [0.3, 0.4) is 0 Å². The number of hydrogen-bond acceptors (Lipinski definition) is 5. The summed E-state index contributed by atoms with van der Waals surface area (Å²) in [5.41, 5.74) is 1.05. The summed E-state index contributed by atoms with van der Waals surface area (Å²) < 4.78 is 5.40. The van der Waals surface area contributed by atoms with Crippen LogP contribution in [0.4, 0.5) is 10.6 Å². The highest BCUT2D eigenvalue weighted by Crippen LogP contribution is 2.19. The Labute approximate surface area is 143 Å². The van der Waals surface area contributed by atoms with Crippen LogP contribution in [0.5, 0.6) is 0 Å². The summed E-state index contributed by atoms with van der Waals surface area (Å²) in [4.78, 5) is 25.3. The van der Waals surface area contributed by atoms with Gasteiger partial charge in [-0.1, -0.05) is 6.92 Å². The average Bonchev–Trinajstić information content (AvgIpc) is 2.62. The van der Waals surface area contributed by atoms with E-state index in [2.05, 4.69) is 27.1 Å². The SMILES string of the molecule is CCc1cc(N2CCC[C@H](NC(=O)N3CCOC[C@H]3C)C2)ncn1. The van der Waals surface area contributed by atoms with Gasteiger partial charge in [-0.15, -0.1) is 0 Å². The van der Waals surface area contributed by atoms with Gasteiger partial charge in [-0.05, 0) is 26.2 Å². The van der Waals surface area contributed by atoms with Gasteiger partial charge in [0.2, 0.25) is 0 Å². The van der Waals surface area contributed by atoms with Crippen molar-refractivity contribution < 1.29 is 9.53 Å². The molecule has 0 aromatic carbocycles. The Hall–Kier alpha value is -1.89. The zero-order chi connectivity index (χ0) is 16.9. The number of anilines is 1. The Balaban J connectivity index is 1.59. The second-order valence-corrected chi connectivity index (χ2v) is 6.57. The molecule has 132 valence electrons. The fourth-order valence-corrected chi connectivity index (χ4v) is 3.34. The van der Waals surface area contributed by atoms with Crippen LogP contribution in [0.2, 0.25) is 0 Å². The van der Waals surface area contributed by atoms with E-state index in [-0.39, 0.29) is 18.1 Å². The van der Waals surface area contributed by atoms with Crippen molar-refractivity contribution >= 4 is 11.8 Å². The molecule has 1 N–H and O–H groups in total. The van der Waals surface area contributed by atoms with Crippen LogP contribution < -0.4 is 10.2 Å². The second kappa shape index (κ2) is 7.79. The molecule has 0 aliphatic carbocycles. The monoisotopic (exact) mass is 333 g/mol. The molecular weight excluding hydrogens is 306 g/mol. The highest BCUT2D eigenvalue weighted by molar-refractivity contribution is 5.75. The highest BCUT2D eigenvalue weighted by Gasteiger charge is 2.28. The van der Waals surface area contributed by atoms with Crippen LogP contribution in [-0.4, -0.2) is 65.8 Å². The summed E-state index contributed by atoms with van der Waals surface area (Å²) in [6.07, 6.45) is 4.59. The van der Waals surface area contributed by atoms with Gasteiger partial charge in [0, 0.05) is 37.4 Å². The largest absolute Gasteiger partial charge is 0.377 e. The van der Waals surface area contributed by atoms with Crippen molar-refractivity contribution in [1.29, 1.82) is 0 Å². The van der Waals surface area contributed by atoms with E-state index in [0.29, 0.717) is 19.8 Å². The molecule has 0 unspecified atom stereocenters. The highest BCUT2D eigenvalue weighted by atomic mass is 16.5. The van der Waals surface area contributed by atoms with Crippen LogP contribution in [0.15, 0.2) is 12.4 Å². The van der Waals surface area contributed by atoms with Gasteiger partial charge in [-0.25, -0.2) is 14.8 Å². The Morgan fingerprint density at radius 1 is 1.42 bits per heavy atom. The predicted molar refractivity (Wildman–Crippen MR) is 92.2 cm³/mol. The Kier molecular flexibility index (Phi) is 5.50. The number of rotatable bonds is 3. The number of ether oxygens (including phenoxy) is 1. The minimum absolute atomic E-state index is 0.0228. The van der Waals surface area contributed by atoms with Crippen molar-refractivity contribution in [2.75, 3.05) is 37.7 Å². The molecule has 0 spiro atoms. The van der Waals surface area contributed by atoms with Gasteiger partial charge in [0.05, 0.1) is 19.3 Å². The van der Waals surface area contributed by atoms with E-state index in [1.54, 1.807) is 6.33 Å². The molecule has 1 aromatic rings. The summed E-state index contributed by atoms with van der Waals surface area (Å²) in [5.74, 6) is 0.959. The van der Waals surface area contributed by atoms with E-state index in [9.17, 15) is 4.79 Å². The number of carbonyl (C=O) groups is 1. The Bertz CT molecular complexity index is 568. The van der Waals surface area contributed by atoms with Gasteiger partial charge < -0.3 is 19.9 Å². The zero-order valence-corrected chi connectivity index (χ0v) is 14.6. The number of amides is 2. The van der Waals surface area contributed by atoms with Crippen molar-refractivity contribution in [3.63, 3.8) is 0 Å². The van der Waals surface area contributed by atoms with E-state index in [1.165, 1.54) is 0 Å². The third-order valence-corrected chi connectivity index (χ3v) is 4.77. The molecule has 2 saturated heterocycles. The standard InChI is InChI=1S/C17H27N5O2/c1-3-14-9-16(19-12-18-14)21-6-4-5-15(10-21)20-17(23)22-7-8-24-11-13(22)2/h9,12-13,15H,3-8,10-11H2,1-2H3,(H,20,23)/t13-,15+/m1/s1. The molecule has 2 atom stereocenters. The summed E-state index contributed by atoms with van der Waals surface area (Å²) in [6.45, 7) is 7.79. The maximum absolute atomic E-state index is 12.5. The molecule has 2 fully saturated rings. The Morgan fingerprint density at radius 3 is 3.08 bits per heavy atom. The topological polar surface area (TPSA) is 70.6 Å². The van der Waals surface area contributed by atoms with E-state index in [1.807, 2.05) is 17.9 Å². The first-order chi connectivity index (χ1) is 11.7. The van der Waals surface area contributed by atoms with E-state index < -0.39 is 0 Å². The van der Waals surface area contributed by atoms with Gasteiger partial charge in [0.15, 0.2) is 0 Å². The van der Waals surface area contributed by atoms with Gasteiger partial charge in [0.1, 0.15) is 12.1 Å². The molecule has 7 heteroatoms. The van der Waals surface area contributed by atoms with Gasteiger partial charge in [0.25, 0.3) is 0 Å². The molecule has 7 nitrogen and oxygen atoms in total. The number of morpholine rings is 1. The first-order valence-electron chi connectivity index (χ1n) is 8.88. The number of nitrogens with one attached hydrogen (secondary N) is 1. The van der Waals surface area contributed by atoms with Crippen molar-refractivity contribution in [3.05, 3.63) is 18.1 Å². The molecule has 0 saturated carbocycles. The number of carbonyl (C=O) groups excluding carboxylic acids is 1. The van der Waals surface area contributed by atoms with E-state index in [0.717, 1.165) is 43.9 Å². The molecule has 2 aliphatic heterocycles. The van der Waals surface area contributed by atoms with Crippen LogP contribution in [0.25, 0.3) is 0 Å². The molecule has 2 amide bonds. The van der Waals surface area contributed by atoms with Gasteiger partial charge in [-0.2, -0.15) is 0 Å². The molecular formula is C17H27N5O2. The summed E-state index contributed by atoms with van der Waals surface area (Å²) >= 11 is 0. The number of nitrogens with zero attached hydrogens (tertiary/aromatic N) is 4. The second-order valence-electron chi connectivity index (χ2n) is 6.57. The van der Waals surface area contributed by atoms with E-state index in [4.69, 9.17) is 4.74 Å². The first-order valence-corrected chi connectivity index (χ1v) is 8.88. The van der Waals surface area contributed by atoms with Crippen LogP contribution in [0, 0.1) is 0 Å². The zero-order valence-electron chi connectivity index (χ0n) is 14.6. The first kappa shape index (κ1) is 17.0. The molecule has 3 heterocycles. The van der Waals surface area contributed by atoms with Gasteiger partial charge >= 0.3 is 6.03 Å². The molecule has 2 aliphatic rings. The van der Waals surface area contributed by atoms with Gasteiger partial charge in [-0.3, -0.25) is 0 Å². The lowest BCUT2D eigenvalue weighted by molar-refractivity contribution is 0.0183.